The van der Waals surface area contributed by atoms with Gasteiger partial charge in [-0.1, -0.05) is 35.3 Å². The summed E-state index contributed by atoms with van der Waals surface area (Å²) in [6.07, 6.45) is 0.177. The van der Waals surface area contributed by atoms with Gasteiger partial charge in [-0.25, -0.2) is 4.79 Å². The van der Waals surface area contributed by atoms with Crippen molar-refractivity contribution in [2.24, 2.45) is 5.92 Å². The van der Waals surface area contributed by atoms with E-state index < -0.39 is 12.1 Å². The number of aliphatic hydroxyl groups is 2. The van der Waals surface area contributed by atoms with Crippen molar-refractivity contribution >= 4 is 40.2 Å². The second-order valence-electron chi connectivity index (χ2n) is 8.99. The fraction of sp³-hybridized carbons (Fsp3) is 0.250. The highest BCUT2D eigenvalue weighted by atomic mass is 35.5. The number of halogens is 2. The molecule has 192 valence electrons. The Hall–Kier alpha value is -3.23. The van der Waals surface area contributed by atoms with E-state index in [2.05, 4.69) is 4.98 Å². The van der Waals surface area contributed by atoms with Crippen molar-refractivity contribution in [1.29, 1.82) is 0 Å². The zero-order valence-corrected chi connectivity index (χ0v) is 21.4. The topological polar surface area (TPSA) is 95.0 Å². The van der Waals surface area contributed by atoms with E-state index >= 15 is 0 Å². The standard InChI is InChI=1S/C28H26Cl2N2O5/c29-19-3-8-22(9-4-19)37-28(35)32-12-11-23-24-13-20(30)5-10-25(24)31-26(23)27(32)18-1-6-21(7-2-18)36-16-17(14-33)15-34/h1-10,13,17,27,31,33-34H,11-12,14-16H2/t27-/m0/s1. The van der Waals surface area contributed by atoms with Crippen molar-refractivity contribution in [2.75, 3.05) is 26.4 Å². The lowest BCUT2D eigenvalue weighted by atomic mass is 9.92. The number of hydrogen-bond acceptors (Lipinski definition) is 5. The number of hydrogen-bond donors (Lipinski definition) is 3. The summed E-state index contributed by atoms with van der Waals surface area (Å²) in [5, 5.41) is 20.8. The van der Waals surface area contributed by atoms with Crippen molar-refractivity contribution in [2.45, 2.75) is 12.5 Å². The summed E-state index contributed by atoms with van der Waals surface area (Å²) in [6.45, 7) is 0.335. The van der Waals surface area contributed by atoms with Crippen LogP contribution in [0.15, 0.2) is 66.7 Å². The molecular weight excluding hydrogens is 515 g/mol. The molecule has 0 aliphatic carbocycles. The molecule has 0 unspecified atom stereocenters. The minimum atomic E-state index is -0.469. The first-order chi connectivity index (χ1) is 18.0. The van der Waals surface area contributed by atoms with Gasteiger partial charge in [-0.15, -0.1) is 0 Å². The summed E-state index contributed by atoms with van der Waals surface area (Å²) in [6, 6.07) is 19.4. The molecule has 0 fully saturated rings. The second kappa shape index (κ2) is 11.0. The molecule has 0 spiro atoms. The van der Waals surface area contributed by atoms with E-state index in [4.69, 9.17) is 32.7 Å². The molecule has 3 N–H and O–H groups in total. The Morgan fingerprint density at radius 1 is 0.973 bits per heavy atom. The lowest BCUT2D eigenvalue weighted by molar-refractivity contribution is 0.106. The fourth-order valence-electron chi connectivity index (χ4n) is 4.59. The Labute approximate surface area is 224 Å². The molecular formula is C28H26Cl2N2O5. The van der Waals surface area contributed by atoms with Crippen LogP contribution in [0.5, 0.6) is 11.5 Å². The predicted molar refractivity (Wildman–Crippen MR) is 143 cm³/mol. The van der Waals surface area contributed by atoms with Crippen LogP contribution in [0.3, 0.4) is 0 Å². The number of aliphatic hydroxyl groups excluding tert-OH is 2. The third kappa shape index (κ3) is 5.40. The summed E-state index contributed by atoms with van der Waals surface area (Å²) in [5.41, 5.74) is 3.85. The lowest BCUT2D eigenvalue weighted by Crippen LogP contribution is -2.42. The van der Waals surface area contributed by atoms with Crippen LogP contribution in [0.2, 0.25) is 10.0 Å². The number of fused-ring (bicyclic) bond motifs is 3. The van der Waals surface area contributed by atoms with Gasteiger partial charge in [0.15, 0.2) is 0 Å². The Kier molecular flexibility index (Phi) is 7.58. The summed E-state index contributed by atoms with van der Waals surface area (Å²) >= 11 is 12.3. The number of aromatic amines is 1. The van der Waals surface area contributed by atoms with Gasteiger partial charge in [0, 0.05) is 39.1 Å². The van der Waals surface area contributed by atoms with Gasteiger partial charge in [0.25, 0.3) is 0 Å². The third-order valence-electron chi connectivity index (χ3n) is 6.54. The molecule has 0 bridgehead atoms. The average Bonchev–Trinajstić information content (AvgIpc) is 3.28. The predicted octanol–water partition coefficient (Wildman–Crippen LogP) is 5.60. The maximum absolute atomic E-state index is 13.4. The van der Waals surface area contributed by atoms with E-state index in [1.54, 1.807) is 29.2 Å². The molecule has 3 aromatic carbocycles. The average molecular weight is 541 g/mol. The normalized spacial score (nSPS) is 15.2. The van der Waals surface area contributed by atoms with Crippen molar-refractivity contribution in [3.63, 3.8) is 0 Å². The number of nitrogens with one attached hydrogen (secondary N) is 1. The van der Waals surface area contributed by atoms with Gasteiger partial charge < -0.3 is 24.7 Å². The Morgan fingerprint density at radius 3 is 2.35 bits per heavy atom. The van der Waals surface area contributed by atoms with E-state index in [1.807, 2.05) is 42.5 Å². The number of aromatic nitrogens is 1. The highest BCUT2D eigenvalue weighted by Gasteiger charge is 2.35. The largest absolute Gasteiger partial charge is 0.493 e. The maximum atomic E-state index is 13.4. The Balaban J connectivity index is 1.48. The zero-order chi connectivity index (χ0) is 25.9. The first kappa shape index (κ1) is 25.4. The maximum Gasteiger partial charge on any atom is 0.416 e. The molecule has 9 heteroatoms. The number of amides is 1. The Bertz CT molecular complexity index is 1380. The summed E-state index contributed by atoms with van der Waals surface area (Å²) in [5.74, 6) is 0.663. The first-order valence-corrected chi connectivity index (χ1v) is 12.7. The monoisotopic (exact) mass is 540 g/mol. The molecule has 4 aromatic rings. The van der Waals surface area contributed by atoms with Gasteiger partial charge in [0.05, 0.1) is 19.8 Å². The molecule has 1 aromatic heterocycles. The molecule has 1 aliphatic rings. The smallest absolute Gasteiger partial charge is 0.416 e. The number of ether oxygens (including phenoxy) is 2. The van der Waals surface area contributed by atoms with Gasteiger partial charge in [0.2, 0.25) is 0 Å². The van der Waals surface area contributed by atoms with Crippen LogP contribution in [-0.4, -0.2) is 52.6 Å². The number of benzene rings is 3. The summed E-state index contributed by atoms with van der Waals surface area (Å²) in [7, 11) is 0. The zero-order valence-electron chi connectivity index (χ0n) is 19.9. The van der Waals surface area contributed by atoms with Gasteiger partial charge in [-0.2, -0.15) is 0 Å². The Morgan fingerprint density at radius 2 is 1.65 bits per heavy atom. The van der Waals surface area contributed by atoms with Crippen LogP contribution in [0.1, 0.15) is 22.9 Å². The molecule has 1 aliphatic heterocycles. The number of nitrogens with zero attached hydrogens (tertiary/aromatic N) is 1. The van der Waals surface area contributed by atoms with Crippen LogP contribution >= 0.6 is 23.2 Å². The number of H-pyrrole nitrogens is 1. The molecule has 7 nitrogen and oxygen atoms in total. The third-order valence-corrected chi connectivity index (χ3v) is 7.03. The fourth-order valence-corrected chi connectivity index (χ4v) is 4.89. The van der Waals surface area contributed by atoms with E-state index in [-0.39, 0.29) is 25.7 Å². The number of rotatable bonds is 7. The summed E-state index contributed by atoms with van der Waals surface area (Å²) < 4.78 is 11.4. The number of carbonyl (C=O) groups is 1. The van der Waals surface area contributed by atoms with Gasteiger partial charge in [-0.3, -0.25) is 4.90 Å². The second-order valence-corrected chi connectivity index (χ2v) is 9.86. The van der Waals surface area contributed by atoms with Crippen LogP contribution in [0.25, 0.3) is 10.9 Å². The molecule has 1 amide bonds. The van der Waals surface area contributed by atoms with E-state index in [9.17, 15) is 15.0 Å². The van der Waals surface area contributed by atoms with Gasteiger partial charge >= 0.3 is 6.09 Å². The molecule has 0 saturated carbocycles. The van der Waals surface area contributed by atoms with E-state index in [0.717, 1.165) is 27.7 Å². The van der Waals surface area contributed by atoms with Crippen LogP contribution < -0.4 is 9.47 Å². The molecule has 5 rings (SSSR count). The van der Waals surface area contributed by atoms with Crippen LogP contribution in [0.4, 0.5) is 4.79 Å². The van der Waals surface area contributed by atoms with Crippen molar-refractivity contribution in [3.05, 3.63) is 93.6 Å². The molecule has 1 atom stereocenters. The summed E-state index contributed by atoms with van der Waals surface area (Å²) in [4.78, 5) is 18.6. The minimum Gasteiger partial charge on any atom is -0.493 e. The molecule has 37 heavy (non-hydrogen) atoms. The highest BCUT2D eigenvalue weighted by molar-refractivity contribution is 6.31. The van der Waals surface area contributed by atoms with Crippen molar-refractivity contribution in [1.82, 2.24) is 9.88 Å². The van der Waals surface area contributed by atoms with E-state index in [1.165, 1.54) is 0 Å². The lowest BCUT2D eigenvalue weighted by Gasteiger charge is -2.35. The van der Waals surface area contributed by atoms with Crippen LogP contribution in [0, 0.1) is 5.92 Å². The molecule has 0 saturated heterocycles. The van der Waals surface area contributed by atoms with Crippen molar-refractivity contribution in [3.8, 4) is 11.5 Å². The first-order valence-electron chi connectivity index (χ1n) is 12.0. The van der Waals surface area contributed by atoms with Gasteiger partial charge in [-0.05, 0) is 72.1 Å². The quantitative estimate of drug-likeness (QED) is 0.283. The van der Waals surface area contributed by atoms with Gasteiger partial charge in [0.1, 0.15) is 17.5 Å². The number of carbonyl (C=O) groups excluding carboxylic acids is 1. The molecule has 2 heterocycles. The van der Waals surface area contributed by atoms with Crippen molar-refractivity contribution < 1.29 is 24.5 Å². The minimum absolute atomic E-state index is 0.158. The SMILES string of the molecule is O=C(Oc1ccc(Cl)cc1)N1CCc2c([nH]c3ccc(Cl)cc23)[C@@H]1c1ccc(OCC(CO)CO)cc1. The van der Waals surface area contributed by atoms with E-state index in [0.29, 0.717) is 34.5 Å². The van der Waals surface area contributed by atoms with Crippen LogP contribution in [-0.2, 0) is 6.42 Å². The highest BCUT2D eigenvalue weighted by Crippen LogP contribution is 2.40. The molecule has 0 radical (unpaired) electrons.